The summed E-state index contributed by atoms with van der Waals surface area (Å²) in [4.78, 5) is 23.7. The van der Waals surface area contributed by atoms with Gasteiger partial charge < -0.3 is 10.0 Å². The molecular weight excluding hydrogens is 260 g/mol. The Morgan fingerprint density at radius 1 is 1.33 bits per heavy atom. The minimum absolute atomic E-state index is 0.121. The number of aliphatic carboxylic acids is 1. The second kappa shape index (κ2) is 5.23. The lowest BCUT2D eigenvalue weighted by Gasteiger charge is -2.43. The molecule has 7 nitrogen and oxygen atoms in total. The molecule has 0 spiro atoms. The van der Waals surface area contributed by atoms with Crippen LogP contribution >= 0.6 is 0 Å². The van der Waals surface area contributed by atoms with Gasteiger partial charge in [-0.3, -0.25) is 9.59 Å². The van der Waals surface area contributed by atoms with Crippen molar-refractivity contribution in [2.45, 2.75) is 32.4 Å². The normalized spacial score (nSPS) is 26.1. The van der Waals surface area contributed by atoms with Crippen molar-refractivity contribution in [2.75, 3.05) is 19.3 Å². The fraction of sp³-hybridized carbons (Fsp3) is 0.800. The van der Waals surface area contributed by atoms with E-state index in [1.807, 2.05) is 0 Å². The Morgan fingerprint density at radius 2 is 1.89 bits per heavy atom. The summed E-state index contributed by atoms with van der Waals surface area (Å²) in [6.07, 6.45) is 0.752. The lowest BCUT2D eigenvalue weighted by molar-refractivity contribution is -0.141. The highest BCUT2D eigenvalue weighted by molar-refractivity contribution is 7.88. The third-order valence-corrected chi connectivity index (χ3v) is 4.33. The number of carbonyl (C=O) groups excluding carboxylic acids is 1. The first-order valence-electron chi connectivity index (χ1n) is 5.58. The van der Waals surface area contributed by atoms with Crippen LogP contribution in [0.1, 0.15) is 20.3 Å². The van der Waals surface area contributed by atoms with Crippen LogP contribution in [0.15, 0.2) is 0 Å². The first-order chi connectivity index (χ1) is 8.12. The molecule has 0 aromatic carbocycles. The first-order valence-corrected chi connectivity index (χ1v) is 7.43. The summed E-state index contributed by atoms with van der Waals surface area (Å²) in [5.41, 5.74) is 0. The van der Waals surface area contributed by atoms with E-state index in [0.29, 0.717) is 0 Å². The zero-order chi connectivity index (χ0) is 14.1. The molecule has 1 heterocycles. The monoisotopic (exact) mass is 278 g/mol. The predicted molar refractivity (Wildman–Crippen MR) is 64.4 cm³/mol. The number of hydrogen-bond acceptors (Lipinski definition) is 4. The van der Waals surface area contributed by atoms with Crippen LogP contribution in [0.25, 0.3) is 0 Å². The molecule has 0 radical (unpaired) electrons. The van der Waals surface area contributed by atoms with Gasteiger partial charge in [0.05, 0.1) is 18.7 Å². The summed E-state index contributed by atoms with van der Waals surface area (Å²) < 4.78 is 24.4. The largest absolute Gasteiger partial charge is 0.481 e. The van der Waals surface area contributed by atoms with Crippen LogP contribution in [-0.4, -0.2) is 66.0 Å². The zero-order valence-corrected chi connectivity index (χ0v) is 11.5. The van der Waals surface area contributed by atoms with Crippen molar-refractivity contribution >= 4 is 21.9 Å². The van der Waals surface area contributed by atoms with Crippen LogP contribution in [0.5, 0.6) is 0 Å². The van der Waals surface area contributed by atoms with Gasteiger partial charge in [0.2, 0.25) is 15.9 Å². The molecule has 18 heavy (non-hydrogen) atoms. The van der Waals surface area contributed by atoms with E-state index in [2.05, 4.69) is 0 Å². The fourth-order valence-electron chi connectivity index (χ4n) is 2.22. The summed E-state index contributed by atoms with van der Waals surface area (Å²) in [6.45, 7) is 3.40. The molecule has 0 aliphatic carbocycles. The van der Waals surface area contributed by atoms with Crippen molar-refractivity contribution < 1.29 is 23.1 Å². The number of amides is 1. The fourth-order valence-corrected chi connectivity index (χ4v) is 3.39. The number of carboxylic acid groups (broad SMARTS) is 1. The minimum atomic E-state index is -3.47. The average Bonchev–Trinajstić information content (AvgIpc) is 2.17. The van der Waals surface area contributed by atoms with Crippen molar-refractivity contribution in [1.82, 2.24) is 9.21 Å². The highest BCUT2D eigenvalue weighted by Crippen LogP contribution is 2.20. The number of rotatable bonds is 3. The van der Waals surface area contributed by atoms with Crippen LogP contribution < -0.4 is 0 Å². The molecular formula is C10H18N2O5S. The van der Waals surface area contributed by atoms with E-state index in [1.54, 1.807) is 6.92 Å². The third-order valence-electron chi connectivity index (χ3n) is 3.03. The van der Waals surface area contributed by atoms with Crippen LogP contribution in [0.3, 0.4) is 0 Å². The molecule has 8 heteroatoms. The van der Waals surface area contributed by atoms with E-state index in [1.165, 1.54) is 16.1 Å². The Bertz CT molecular complexity index is 447. The summed E-state index contributed by atoms with van der Waals surface area (Å²) >= 11 is 0. The Morgan fingerprint density at radius 3 is 2.28 bits per heavy atom. The number of hydrogen-bond donors (Lipinski definition) is 1. The number of nitrogens with zero attached hydrogens (tertiary/aromatic N) is 2. The molecule has 1 aliphatic heterocycles. The van der Waals surface area contributed by atoms with Crippen molar-refractivity contribution in [3.63, 3.8) is 0 Å². The first kappa shape index (κ1) is 14.9. The lowest BCUT2D eigenvalue weighted by atomic mass is 10.1. The van der Waals surface area contributed by atoms with Crippen molar-refractivity contribution in [3.8, 4) is 0 Å². The molecule has 1 rings (SSSR count). The molecule has 1 aliphatic rings. The van der Waals surface area contributed by atoms with Gasteiger partial charge in [0, 0.05) is 26.1 Å². The summed E-state index contributed by atoms with van der Waals surface area (Å²) in [6, 6.07) is -0.945. The minimum Gasteiger partial charge on any atom is -0.481 e. The second-order valence-electron chi connectivity index (χ2n) is 4.60. The highest BCUT2D eigenvalue weighted by Gasteiger charge is 2.38. The standard InChI is InChI=1S/C10H18N2O5S/c1-7-5-12(18(3,16)17)9(4-10(14)15)6-11(7)8(2)13/h7,9H,4-6H2,1-3H3,(H,14,15)/t7-,9+/m1/s1. The van der Waals surface area contributed by atoms with E-state index >= 15 is 0 Å². The molecule has 2 atom stereocenters. The van der Waals surface area contributed by atoms with Crippen LogP contribution in [0, 0.1) is 0 Å². The Kier molecular flexibility index (Phi) is 4.33. The number of piperazine rings is 1. The second-order valence-corrected chi connectivity index (χ2v) is 6.54. The van der Waals surface area contributed by atoms with E-state index in [-0.39, 0.29) is 31.5 Å². The molecule has 1 N–H and O–H groups in total. The van der Waals surface area contributed by atoms with Crippen molar-refractivity contribution in [1.29, 1.82) is 0 Å². The molecule has 1 saturated heterocycles. The number of sulfonamides is 1. The van der Waals surface area contributed by atoms with Gasteiger partial charge in [-0.25, -0.2) is 8.42 Å². The van der Waals surface area contributed by atoms with Gasteiger partial charge in [-0.15, -0.1) is 0 Å². The number of carboxylic acids is 1. The van der Waals surface area contributed by atoms with E-state index in [0.717, 1.165) is 6.26 Å². The van der Waals surface area contributed by atoms with Gasteiger partial charge in [-0.1, -0.05) is 0 Å². The smallest absolute Gasteiger partial charge is 0.305 e. The van der Waals surface area contributed by atoms with Gasteiger partial charge in [0.15, 0.2) is 0 Å². The molecule has 0 saturated carbocycles. The van der Waals surface area contributed by atoms with Gasteiger partial charge in [0.1, 0.15) is 0 Å². The SMILES string of the molecule is CC(=O)N1C[C@H](CC(=O)O)N(S(C)(=O)=O)C[C@H]1C. The number of carbonyl (C=O) groups is 2. The zero-order valence-electron chi connectivity index (χ0n) is 10.7. The quantitative estimate of drug-likeness (QED) is 0.739. The summed E-state index contributed by atoms with van der Waals surface area (Å²) in [5, 5.41) is 8.82. The van der Waals surface area contributed by atoms with Gasteiger partial charge in [0.25, 0.3) is 0 Å². The Hall–Kier alpha value is -1.15. The van der Waals surface area contributed by atoms with Crippen LogP contribution in [0.4, 0.5) is 0 Å². The molecule has 0 aromatic heterocycles. The van der Waals surface area contributed by atoms with E-state index < -0.39 is 22.0 Å². The third kappa shape index (κ3) is 3.42. The predicted octanol–water partition coefficient (Wildman–Crippen LogP) is -0.658. The maximum atomic E-state index is 11.6. The molecule has 1 amide bonds. The molecule has 104 valence electrons. The van der Waals surface area contributed by atoms with E-state index in [4.69, 9.17) is 5.11 Å². The topological polar surface area (TPSA) is 95.0 Å². The van der Waals surface area contributed by atoms with Crippen molar-refractivity contribution in [3.05, 3.63) is 0 Å². The Labute approximate surface area is 106 Å². The average molecular weight is 278 g/mol. The molecule has 0 aromatic rings. The lowest BCUT2D eigenvalue weighted by Crippen LogP contribution is -2.60. The van der Waals surface area contributed by atoms with Gasteiger partial charge in [-0.2, -0.15) is 4.31 Å². The van der Waals surface area contributed by atoms with E-state index in [9.17, 15) is 18.0 Å². The molecule has 0 bridgehead atoms. The highest BCUT2D eigenvalue weighted by atomic mass is 32.2. The van der Waals surface area contributed by atoms with Crippen LogP contribution in [-0.2, 0) is 19.6 Å². The maximum Gasteiger partial charge on any atom is 0.305 e. The summed E-state index contributed by atoms with van der Waals surface area (Å²) in [5.74, 6) is -1.25. The van der Waals surface area contributed by atoms with Crippen molar-refractivity contribution in [2.24, 2.45) is 0 Å². The Balaban J connectivity index is 2.98. The van der Waals surface area contributed by atoms with Crippen LogP contribution in [0.2, 0.25) is 0 Å². The maximum absolute atomic E-state index is 11.6. The summed E-state index contributed by atoms with van der Waals surface area (Å²) in [7, 11) is -3.47. The van der Waals surface area contributed by atoms with Gasteiger partial charge >= 0.3 is 5.97 Å². The molecule has 1 fully saturated rings. The molecule has 0 unspecified atom stereocenters. The van der Waals surface area contributed by atoms with Gasteiger partial charge in [-0.05, 0) is 6.92 Å².